The summed E-state index contributed by atoms with van der Waals surface area (Å²) in [4.78, 5) is 32.6. The van der Waals surface area contributed by atoms with Crippen LogP contribution >= 0.6 is 23.4 Å². The molecule has 0 radical (unpaired) electrons. The average molecular weight is 404 g/mol. The largest absolute Gasteiger partial charge is 0.466 e. The fourth-order valence-corrected chi connectivity index (χ4v) is 3.73. The van der Waals surface area contributed by atoms with E-state index in [0.29, 0.717) is 38.6 Å². The first-order valence-electron chi connectivity index (χ1n) is 8.15. The lowest BCUT2D eigenvalue weighted by Crippen LogP contribution is -2.31. The zero-order valence-corrected chi connectivity index (χ0v) is 16.4. The maximum Gasteiger partial charge on any atom is 0.336 e. The van der Waals surface area contributed by atoms with E-state index in [1.54, 1.807) is 37.3 Å². The fraction of sp³-hybridized carbons (Fsp3) is 0.211. The molecule has 8 heteroatoms. The van der Waals surface area contributed by atoms with E-state index in [2.05, 4.69) is 21.9 Å². The van der Waals surface area contributed by atoms with Crippen LogP contribution in [0.5, 0.6) is 0 Å². The van der Waals surface area contributed by atoms with Gasteiger partial charge in [0.05, 0.1) is 24.2 Å². The maximum atomic E-state index is 12.9. The summed E-state index contributed by atoms with van der Waals surface area (Å²) in [5.41, 5.74) is 1.76. The van der Waals surface area contributed by atoms with Gasteiger partial charge in [-0.1, -0.05) is 41.6 Å². The highest BCUT2D eigenvalue weighted by Gasteiger charge is 2.36. The Morgan fingerprint density at radius 3 is 2.74 bits per heavy atom. The van der Waals surface area contributed by atoms with Crippen molar-refractivity contribution < 1.29 is 9.53 Å². The number of nitrogens with one attached hydrogen (secondary N) is 2. The third-order valence-corrected chi connectivity index (χ3v) is 5.29. The van der Waals surface area contributed by atoms with Gasteiger partial charge in [-0.05, 0) is 24.6 Å². The first-order chi connectivity index (χ1) is 13.0. The molecule has 2 N–H and O–H groups in total. The molecule has 1 aliphatic rings. The quantitative estimate of drug-likeness (QED) is 0.342. The number of thioether (sulfide) groups is 1. The van der Waals surface area contributed by atoms with Crippen molar-refractivity contribution in [1.29, 1.82) is 0 Å². The summed E-state index contributed by atoms with van der Waals surface area (Å²) < 4.78 is 4.96. The number of carbonyl (C=O) groups excluding carboxylic acids is 1. The number of allylic oxidation sites excluding steroid dienone is 1. The van der Waals surface area contributed by atoms with E-state index in [-0.39, 0.29) is 5.56 Å². The second-order valence-corrected chi connectivity index (χ2v) is 7.32. The number of aromatic nitrogens is 2. The molecule has 27 heavy (non-hydrogen) atoms. The lowest BCUT2D eigenvalue weighted by Gasteiger charge is -2.28. The topological polar surface area (TPSA) is 84.1 Å². The zero-order valence-electron chi connectivity index (χ0n) is 14.8. The first kappa shape index (κ1) is 19.3. The lowest BCUT2D eigenvalue weighted by atomic mass is 9.82. The van der Waals surface area contributed by atoms with Gasteiger partial charge in [-0.3, -0.25) is 4.79 Å². The Labute approximate surface area is 165 Å². The van der Waals surface area contributed by atoms with Crippen LogP contribution in [0.1, 0.15) is 24.0 Å². The Kier molecular flexibility index (Phi) is 5.72. The smallest absolute Gasteiger partial charge is 0.336 e. The minimum absolute atomic E-state index is 0.312. The molecular formula is C19H18ClN3O3S. The standard InChI is InChI=1S/C19H18ClN3O3S/c1-4-9-27-19-22-16-15(17(24)23-19)14(11-5-7-12(20)8-6-11)13(10(2)21-16)18(25)26-3/h4-8,14H,1,9H2,2-3H3,(H2,21,22,23,24)/t14-/m1/s1. The highest BCUT2D eigenvalue weighted by atomic mass is 35.5. The monoisotopic (exact) mass is 403 g/mol. The molecule has 0 fully saturated rings. The Balaban J connectivity index is 2.21. The molecule has 1 aliphatic heterocycles. The number of anilines is 1. The number of rotatable bonds is 5. The van der Waals surface area contributed by atoms with Gasteiger partial charge in [0.2, 0.25) is 0 Å². The number of carbonyl (C=O) groups is 1. The molecule has 140 valence electrons. The summed E-state index contributed by atoms with van der Waals surface area (Å²) in [7, 11) is 1.31. The minimum Gasteiger partial charge on any atom is -0.466 e. The van der Waals surface area contributed by atoms with E-state index in [4.69, 9.17) is 16.3 Å². The molecule has 1 aromatic heterocycles. The van der Waals surface area contributed by atoms with Crippen molar-refractivity contribution in [2.24, 2.45) is 0 Å². The summed E-state index contributed by atoms with van der Waals surface area (Å²) >= 11 is 7.37. The summed E-state index contributed by atoms with van der Waals surface area (Å²) in [5.74, 6) is -0.0731. The number of H-pyrrole nitrogens is 1. The van der Waals surface area contributed by atoms with Crippen LogP contribution in [-0.4, -0.2) is 28.8 Å². The van der Waals surface area contributed by atoms with Gasteiger partial charge in [0, 0.05) is 16.5 Å². The predicted molar refractivity (Wildman–Crippen MR) is 107 cm³/mol. The molecule has 3 rings (SSSR count). The van der Waals surface area contributed by atoms with Crippen molar-refractivity contribution in [3.63, 3.8) is 0 Å². The molecule has 1 aromatic carbocycles. The van der Waals surface area contributed by atoms with Crippen molar-refractivity contribution >= 4 is 35.1 Å². The molecule has 6 nitrogen and oxygen atoms in total. The summed E-state index contributed by atoms with van der Waals surface area (Å²) in [6.45, 7) is 5.43. The van der Waals surface area contributed by atoms with E-state index < -0.39 is 11.9 Å². The number of fused-ring (bicyclic) bond motifs is 1. The number of ether oxygens (including phenoxy) is 1. The van der Waals surface area contributed by atoms with Crippen molar-refractivity contribution in [2.45, 2.75) is 18.0 Å². The third kappa shape index (κ3) is 3.79. The van der Waals surface area contributed by atoms with E-state index in [9.17, 15) is 9.59 Å². The lowest BCUT2D eigenvalue weighted by molar-refractivity contribution is -0.136. The highest BCUT2D eigenvalue weighted by molar-refractivity contribution is 7.99. The molecule has 0 amide bonds. The van der Waals surface area contributed by atoms with E-state index in [0.717, 1.165) is 5.56 Å². The predicted octanol–water partition coefficient (Wildman–Crippen LogP) is 3.71. The van der Waals surface area contributed by atoms with Gasteiger partial charge >= 0.3 is 5.97 Å². The van der Waals surface area contributed by atoms with Crippen molar-refractivity contribution in [1.82, 2.24) is 9.97 Å². The zero-order chi connectivity index (χ0) is 19.6. The van der Waals surface area contributed by atoms with Crippen molar-refractivity contribution in [3.8, 4) is 0 Å². The minimum atomic E-state index is -0.610. The van der Waals surface area contributed by atoms with Crippen molar-refractivity contribution in [3.05, 3.63) is 74.7 Å². The number of hydrogen-bond donors (Lipinski definition) is 2. The molecule has 0 bridgehead atoms. The van der Waals surface area contributed by atoms with Crippen LogP contribution in [0.15, 0.2) is 58.1 Å². The molecule has 1 atom stereocenters. The molecule has 0 saturated carbocycles. The number of methoxy groups -OCH3 is 1. The second-order valence-electron chi connectivity index (χ2n) is 5.87. The number of hydrogen-bond acceptors (Lipinski definition) is 6. The summed E-state index contributed by atoms with van der Waals surface area (Å²) in [6, 6.07) is 7.02. The molecule has 0 saturated heterocycles. The average Bonchev–Trinajstić information content (AvgIpc) is 2.65. The van der Waals surface area contributed by atoms with Crippen LogP contribution in [0, 0.1) is 0 Å². The van der Waals surface area contributed by atoms with Gasteiger partial charge in [-0.25, -0.2) is 9.78 Å². The molecule has 0 aliphatic carbocycles. The van der Waals surface area contributed by atoms with Gasteiger partial charge in [0.1, 0.15) is 5.82 Å². The number of benzene rings is 1. The molecular weight excluding hydrogens is 386 g/mol. The van der Waals surface area contributed by atoms with Crippen LogP contribution in [0.3, 0.4) is 0 Å². The normalized spacial score (nSPS) is 15.7. The van der Waals surface area contributed by atoms with Gasteiger partial charge in [-0.2, -0.15) is 0 Å². The van der Waals surface area contributed by atoms with E-state index in [1.807, 2.05) is 0 Å². The SMILES string of the molecule is C=CCSc1nc2c(c(=O)[nH]1)[C@H](c1ccc(Cl)cc1)C(C(=O)OC)=C(C)N2. The van der Waals surface area contributed by atoms with Crippen LogP contribution in [-0.2, 0) is 9.53 Å². The highest BCUT2D eigenvalue weighted by Crippen LogP contribution is 2.40. The van der Waals surface area contributed by atoms with E-state index in [1.165, 1.54) is 18.9 Å². The third-order valence-electron chi connectivity index (χ3n) is 4.17. The van der Waals surface area contributed by atoms with Gasteiger partial charge < -0.3 is 15.0 Å². The van der Waals surface area contributed by atoms with Crippen molar-refractivity contribution in [2.75, 3.05) is 18.2 Å². The number of esters is 1. The van der Waals surface area contributed by atoms with E-state index >= 15 is 0 Å². The molecule has 0 unspecified atom stereocenters. The fourth-order valence-electron chi connectivity index (χ4n) is 3.01. The molecule has 2 heterocycles. The van der Waals surface area contributed by atoms with Crippen LogP contribution in [0.4, 0.5) is 5.82 Å². The Hall–Kier alpha value is -2.51. The number of halogens is 1. The summed E-state index contributed by atoms with van der Waals surface area (Å²) in [5, 5.41) is 4.12. The van der Waals surface area contributed by atoms with Gasteiger partial charge in [0.25, 0.3) is 5.56 Å². The Morgan fingerprint density at radius 1 is 1.41 bits per heavy atom. The van der Waals surface area contributed by atoms with Gasteiger partial charge in [-0.15, -0.1) is 6.58 Å². The second kappa shape index (κ2) is 8.02. The molecule has 0 spiro atoms. The van der Waals surface area contributed by atoms with Crippen LogP contribution in [0.2, 0.25) is 5.02 Å². The summed E-state index contributed by atoms with van der Waals surface area (Å²) in [6.07, 6.45) is 1.73. The van der Waals surface area contributed by atoms with Crippen LogP contribution in [0.25, 0.3) is 0 Å². The molecule has 2 aromatic rings. The Bertz CT molecular complexity index is 983. The Morgan fingerprint density at radius 2 is 2.11 bits per heavy atom. The number of nitrogens with zero attached hydrogens (tertiary/aromatic N) is 1. The number of aromatic amines is 1. The first-order valence-corrected chi connectivity index (χ1v) is 9.52. The maximum absolute atomic E-state index is 12.9. The van der Waals surface area contributed by atoms with Crippen LogP contribution < -0.4 is 10.9 Å². The van der Waals surface area contributed by atoms with Gasteiger partial charge in [0.15, 0.2) is 5.16 Å².